The molecule has 0 unspecified atom stereocenters. The second-order valence-electron chi connectivity index (χ2n) is 5.57. The topological polar surface area (TPSA) is 50.8 Å². The Bertz CT molecular complexity index is 475. The lowest BCUT2D eigenvalue weighted by Crippen LogP contribution is -2.41. The van der Waals surface area contributed by atoms with Crippen molar-refractivity contribution in [2.45, 2.75) is 25.9 Å². The molecule has 0 radical (unpaired) electrons. The number of carbonyl (C=O) groups is 1. The van der Waals surface area contributed by atoms with E-state index in [1.54, 1.807) is 24.3 Å². The van der Waals surface area contributed by atoms with Crippen LogP contribution in [0, 0.1) is 0 Å². The second kappa shape index (κ2) is 9.75. The Morgan fingerprint density at radius 1 is 1.35 bits per heavy atom. The van der Waals surface area contributed by atoms with Crippen molar-refractivity contribution in [3.05, 3.63) is 29.3 Å². The first-order chi connectivity index (χ1) is 11.2. The summed E-state index contributed by atoms with van der Waals surface area (Å²) >= 11 is 5.85. The number of benzene rings is 1. The van der Waals surface area contributed by atoms with Crippen molar-refractivity contribution >= 4 is 17.5 Å². The van der Waals surface area contributed by atoms with Gasteiger partial charge >= 0.3 is 0 Å². The number of hydrogen-bond donors (Lipinski definition) is 1. The molecular formula is C17H25ClN2O3. The van der Waals surface area contributed by atoms with Crippen molar-refractivity contribution in [2.24, 2.45) is 0 Å². The zero-order chi connectivity index (χ0) is 16.5. The summed E-state index contributed by atoms with van der Waals surface area (Å²) in [5, 5.41) is 3.61. The van der Waals surface area contributed by atoms with Crippen molar-refractivity contribution in [3.63, 3.8) is 0 Å². The molecule has 0 bridgehead atoms. The van der Waals surface area contributed by atoms with Crippen LogP contribution in [0.5, 0.6) is 5.75 Å². The van der Waals surface area contributed by atoms with Gasteiger partial charge in [0.1, 0.15) is 5.75 Å². The lowest BCUT2D eigenvalue weighted by molar-refractivity contribution is -0.128. The van der Waals surface area contributed by atoms with Gasteiger partial charge in [-0.25, -0.2) is 0 Å². The number of morpholine rings is 1. The van der Waals surface area contributed by atoms with E-state index < -0.39 is 6.10 Å². The molecule has 1 fully saturated rings. The molecule has 0 saturated carbocycles. The Hall–Kier alpha value is -1.30. The average Bonchev–Trinajstić information content (AvgIpc) is 2.59. The summed E-state index contributed by atoms with van der Waals surface area (Å²) in [6, 6.07) is 7.06. The molecule has 23 heavy (non-hydrogen) atoms. The highest BCUT2D eigenvalue weighted by Crippen LogP contribution is 2.17. The third-order valence-electron chi connectivity index (χ3n) is 3.81. The van der Waals surface area contributed by atoms with Crippen LogP contribution in [0.3, 0.4) is 0 Å². The molecule has 0 aromatic heterocycles. The highest BCUT2D eigenvalue weighted by Gasteiger charge is 2.18. The molecule has 1 N–H and O–H groups in total. The van der Waals surface area contributed by atoms with E-state index in [2.05, 4.69) is 10.2 Å². The largest absolute Gasteiger partial charge is 0.481 e. The fourth-order valence-electron chi connectivity index (χ4n) is 2.45. The average molecular weight is 341 g/mol. The Morgan fingerprint density at radius 3 is 2.70 bits per heavy atom. The highest BCUT2D eigenvalue weighted by molar-refractivity contribution is 6.30. The van der Waals surface area contributed by atoms with E-state index in [0.717, 1.165) is 39.3 Å². The molecule has 6 heteroatoms. The van der Waals surface area contributed by atoms with Gasteiger partial charge in [0, 0.05) is 24.7 Å². The standard InChI is InChI=1S/C17H25ClN2O3/c1-2-16(23-15-6-4-14(18)5-7-15)17(21)19-8-3-9-20-10-12-22-13-11-20/h4-7,16H,2-3,8-13H2,1H3,(H,19,21)/t16-/m1/s1. The molecule has 1 aromatic carbocycles. The van der Waals surface area contributed by atoms with E-state index in [1.807, 2.05) is 6.92 Å². The number of hydrogen-bond acceptors (Lipinski definition) is 4. The summed E-state index contributed by atoms with van der Waals surface area (Å²) in [6.07, 6.45) is 1.08. The first-order valence-corrected chi connectivity index (χ1v) is 8.57. The van der Waals surface area contributed by atoms with Crippen LogP contribution in [0.1, 0.15) is 19.8 Å². The summed E-state index contributed by atoms with van der Waals surface area (Å²) < 4.78 is 11.0. The quantitative estimate of drug-likeness (QED) is 0.738. The van der Waals surface area contributed by atoms with E-state index in [0.29, 0.717) is 23.7 Å². The molecule has 1 atom stereocenters. The van der Waals surface area contributed by atoms with Gasteiger partial charge in [0.05, 0.1) is 13.2 Å². The number of halogens is 1. The summed E-state index contributed by atoms with van der Waals surface area (Å²) in [7, 11) is 0. The summed E-state index contributed by atoms with van der Waals surface area (Å²) in [5.41, 5.74) is 0. The van der Waals surface area contributed by atoms with Gasteiger partial charge in [0.25, 0.3) is 5.91 Å². The maximum absolute atomic E-state index is 12.2. The number of carbonyl (C=O) groups excluding carboxylic acids is 1. The van der Waals surface area contributed by atoms with E-state index in [1.165, 1.54) is 0 Å². The molecule has 0 spiro atoms. The van der Waals surface area contributed by atoms with E-state index in [4.69, 9.17) is 21.1 Å². The summed E-state index contributed by atoms with van der Waals surface area (Å²) in [5.74, 6) is 0.592. The molecule has 2 rings (SSSR count). The Labute approximate surface area is 142 Å². The number of nitrogens with zero attached hydrogens (tertiary/aromatic N) is 1. The van der Waals surface area contributed by atoms with E-state index >= 15 is 0 Å². The molecule has 1 aliphatic rings. The van der Waals surface area contributed by atoms with E-state index in [9.17, 15) is 4.79 Å². The van der Waals surface area contributed by atoms with Crippen LogP contribution >= 0.6 is 11.6 Å². The van der Waals surface area contributed by atoms with Gasteiger partial charge in [0.15, 0.2) is 6.10 Å². The molecule has 5 nitrogen and oxygen atoms in total. The molecule has 0 aliphatic carbocycles. The van der Waals surface area contributed by atoms with Crippen LogP contribution in [-0.2, 0) is 9.53 Å². The van der Waals surface area contributed by atoms with Gasteiger partial charge in [-0.2, -0.15) is 0 Å². The Balaban J connectivity index is 1.68. The van der Waals surface area contributed by atoms with Gasteiger partial charge in [-0.15, -0.1) is 0 Å². The predicted octanol–water partition coefficient (Wildman–Crippen LogP) is 2.34. The second-order valence-corrected chi connectivity index (χ2v) is 6.00. The van der Waals surface area contributed by atoms with Gasteiger partial charge in [-0.05, 0) is 43.7 Å². The van der Waals surface area contributed by atoms with Crippen molar-refractivity contribution in [2.75, 3.05) is 39.4 Å². The van der Waals surface area contributed by atoms with Crippen LogP contribution in [0.25, 0.3) is 0 Å². The first-order valence-electron chi connectivity index (χ1n) is 8.19. The molecule has 1 heterocycles. The first kappa shape index (κ1) is 18.0. The number of ether oxygens (including phenoxy) is 2. The minimum absolute atomic E-state index is 0.0653. The Kier molecular flexibility index (Phi) is 7.65. The zero-order valence-electron chi connectivity index (χ0n) is 13.6. The number of nitrogens with one attached hydrogen (secondary N) is 1. The number of rotatable bonds is 8. The van der Waals surface area contributed by atoms with Crippen LogP contribution in [0.15, 0.2) is 24.3 Å². The fraction of sp³-hybridized carbons (Fsp3) is 0.588. The van der Waals surface area contributed by atoms with Crippen molar-refractivity contribution < 1.29 is 14.3 Å². The fourth-order valence-corrected chi connectivity index (χ4v) is 2.58. The molecule has 1 aliphatic heterocycles. The van der Waals surface area contributed by atoms with Crippen LogP contribution in [-0.4, -0.2) is 56.3 Å². The van der Waals surface area contributed by atoms with Gasteiger partial charge < -0.3 is 14.8 Å². The normalized spacial score (nSPS) is 16.8. The summed E-state index contributed by atoms with van der Waals surface area (Å²) in [4.78, 5) is 14.6. The highest BCUT2D eigenvalue weighted by atomic mass is 35.5. The maximum Gasteiger partial charge on any atom is 0.261 e. The van der Waals surface area contributed by atoms with Crippen LogP contribution in [0.2, 0.25) is 5.02 Å². The monoisotopic (exact) mass is 340 g/mol. The lowest BCUT2D eigenvalue weighted by Gasteiger charge is -2.26. The number of amides is 1. The SMILES string of the molecule is CC[C@@H](Oc1ccc(Cl)cc1)C(=O)NCCCN1CCOCC1. The van der Waals surface area contributed by atoms with Crippen molar-refractivity contribution in [1.82, 2.24) is 10.2 Å². The van der Waals surface area contributed by atoms with Crippen molar-refractivity contribution in [1.29, 1.82) is 0 Å². The molecule has 128 valence electrons. The lowest BCUT2D eigenvalue weighted by atomic mass is 10.2. The van der Waals surface area contributed by atoms with Gasteiger partial charge in [0.2, 0.25) is 0 Å². The minimum atomic E-state index is -0.473. The van der Waals surface area contributed by atoms with Crippen molar-refractivity contribution in [3.8, 4) is 5.75 Å². The minimum Gasteiger partial charge on any atom is -0.481 e. The van der Waals surface area contributed by atoms with Gasteiger partial charge in [-0.1, -0.05) is 18.5 Å². The molecular weight excluding hydrogens is 316 g/mol. The third-order valence-corrected chi connectivity index (χ3v) is 4.06. The summed E-state index contributed by atoms with van der Waals surface area (Å²) in [6.45, 7) is 7.15. The zero-order valence-corrected chi connectivity index (χ0v) is 14.3. The maximum atomic E-state index is 12.2. The predicted molar refractivity (Wildman–Crippen MR) is 91.0 cm³/mol. The Morgan fingerprint density at radius 2 is 2.04 bits per heavy atom. The molecule has 1 aromatic rings. The van der Waals surface area contributed by atoms with E-state index in [-0.39, 0.29) is 5.91 Å². The third kappa shape index (κ3) is 6.37. The van der Waals surface area contributed by atoms with Crippen LogP contribution in [0.4, 0.5) is 0 Å². The van der Waals surface area contributed by atoms with Gasteiger partial charge in [-0.3, -0.25) is 9.69 Å². The molecule has 1 amide bonds. The van der Waals surface area contributed by atoms with Crippen LogP contribution < -0.4 is 10.1 Å². The molecule has 1 saturated heterocycles. The smallest absolute Gasteiger partial charge is 0.261 e.